The van der Waals surface area contributed by atoms with Crippen LogP contribution in [0.1, 0.15) is 19.5 Å². The summed E-state index contributed by atoms with van der Waals surface area (Å²) in [5, 5.41) is 11.3. The van der Waals surface area contributed by atoms with E-state index >= 15 is 0 Å². The van der Waals surface area contributed by atoms with Crippen molar-refractivity contribution in [1.82, 2.24) is 4.98 Å². The molecule has 1 aromatic rings. The van der Waals surface area contributed by atoms with Gasteiger partial charge in [-0.05, 0) is 13.8 Å². The molecular weight excluding hydrogens is 240 g/mol. The van der Waals surface area contributed by atoms with Gasteiger partial charge in [0.25, 0.3) is 0 Å². The van der Waals surface area contributed by atoms with Gasteiger partial charge in [0.2, 0.25) is 0 Å². The van der Waals surface area contributed by atoms with Crippen LogP contribution in [0.3, 0.4) is 0 Å². The lowest BCUT2D eigenvalue weighted by Gasteiger charge is -2.19. The zero-order valence-electron chi connectivity index (χ0n) is 10.2. The molecule has 5 nitrogen and oxygen atoms in total. The van der Waals surface area contributed by atoms with Gasteiger partial charge in [0.1, 0.15) is 0 Å². The summed E-state index contributed by atoms with van der Waals surface area (Å²) in [6.07, 6.45) is -0.0144. The maximum Gasteiger partial charge on any atom is 0.309 e. The van der Waals surface area contributed by atoms with Crippen molar-refractivity contribution in [1.29, 1.82) is 0 Å². The number of carboxylic acids is 1. The Bertz CT molecular complexity index is 354. The quantitative estimate of drug-likeness (QED) is 0.718. The summed E-state index contributed by atoms with van der Waals surface area (Å²) in [5.41, 5.74) is 0.618. The summed E-state index contributed by atoms with van der Waals surface area (Å²) in [5.74, 6) is -0.848. The summed E-state index contributed by atoms with van der Waals surface area (Å²) in [4.78, 5) is 17.0. The van der Waals surface area contributed by atoms with Crippen LogP contribution in [0.5, 0.6) is 0 Å². The number of thiazole rings is 1. The summed E-state index contributed by atoms with van der Waals surface area (Å²) < 4.78 is 5.30. The zero-order valence-corrected chi connectivity index (χ0v) is 11.0. The van der Waals surface area contributed by atoms with Gasteiger partial charge in [-0.15, -0.1) is 11.3 Å². The standard InChI is InChI=1S/C11H18N2O3S/c1-3-13(5-6-16-4-2)11-12-9(8-17-11)7-10(14)15/h8H,3-7H2,1-2H3,(H,14,15). The Labute approximate surface area is 105 Å². The van der Waals surface area contributed by atoms with Crippen LogP contribution in [0.4, 0.5) is 5.13 Å². The van der Waals surface area contributed by atoms with Crippen LogP contribution in [0.25, 0.3) is 0 Å². The van der Waals surface area contributed by atoms with Gasteiger partial charge < -0.3 is 14.7 Å². The van der Waals surface area contributed by atoms with E-state index in [-0.39, 0.29) is 6.42 Å². The summed E-state index contributed by atoms with van der Waals surface area (Å²) in [6, 6.07) is 0. The van der Waals surface area contributed by atoms with E-state index in [2.05, 4.69) is 9.88 Å². The highest BCUT2D eigenvalue weighted by molar-refractivity contribution is 7.13. The molecule has 0 spiro atoms. The number of carboxylic acid groups (broad SMARTS) is 1. The molecular formula is C11H18N2O3S. The number of rotatable bonds is 8. The van der Waals surface area contributed by atoms with Gasteiger partial charge in [0, 0.05) is 25.1 Å². The maximum absolute atomic E-state index is 10.6. The fourth-order valence-electron chi connectivity index (χ4n) is 1.39. The number of anilines is 1. The van der Waals surface area contributed by atoms with Gasteiger partial charge in [0.15, 0.2) is 5.13 Å². The topological polar surface area (TPSA) is 62.7 Å². The van der Waals surface area contributed by atoms with Crippen LogP contribution in [0.2, 0.25) is 0 Å². The van der Waals surface area contributed by atoms with Crippen molar-refractivity contribution < 1.29 is 14.6 Å². The Hall–Kier alpha value is -1.14. The number of ether oxygens (including phenoxy) is 1. The van der Waals surface area contributed by atoms with E-state index in [1.807, 2.05) is 13.8 Å². The second-order valence-corrected chi connectivity index (χ2v) is 4.31. The number of carbonyl (C=O) groups is 1. The molecule has 17 heavy (non-hydrogen) atoms. The van der Waals surface area contributed by atoms with Gasteiger partial charge in [-0.25, -0.2) is 4.98 Å². The van der Waals surface area contributed by atoms with E-state index in [9.17, 15) is 4.79 Å². The monoisotopic (exact) mass is 258 g/mol. The van der Waals surface area contributed by atoms with Crippen LogP contribution < -0.4 is 4.90 Å². The largest absolute Gasteiger partial charge is 0.481 e. The van der Waals surface area contributed by atoms with E-state index in [1.165, 1.54) is 11.3 Å². The summed E-state index contributed by atoms with van der Waals surface area (Å²) in [7, 11) is 0. The van der Waals surface area contributed by atoms with Gasteiger partial charge in [-0.2, -0.15) is 0 Å². The maximum atomic E-state index is 10.6. The normalized spacial score (nSPS) is 10.5. The van der Waals surface area contributed by atoms with Crippen LogP contribution in [0.15, 0.2) is 5.38 Å². The highest BCUT2D eigenvalue weighted by atomic mass is 32.1. The van der Waals surface area contributed by atoms with Gasteiger partial charge in [-0.3, -0.25) is 4.79 Å². The minimum atomic E-state index is -0.848. The molecule has 0 radical (unpaired) electrons. The van der Waals surface area contributed by atoms with E-state index in [4.69, 9.17) is 9.84 Å². The minimum absolute atomic E-state index is 0.0144. The highest BCUT2D eigenvalue weighted by Crippen LogP contribution is 2.20. The summed E-state index contributed by atoms with van der Waals surface area (Å²) in [6.45, 7) is 7.00. The lowest BCUT2D eigenvalue weighted by Crippen LogP contribution is -2.27. The fourth-order valence-corrected chi connectivity index (χ4v) is 2.30. The Morgan fingerprint density at radius 1 is 1.59 bits per heavy atom. The number of nitrogens with zero attached hydrogens (tertiary/aromatic N) is 2. The van der Waals surface area contributed by atoms with Crippen molar-refractivity contribution in [3.8, 4) is 0 Å². The van der Waals surface area contributed by atoms with Crippen molar-refractivity contribution in [3.05, 3.63) is 11.1 Å². The predicted molar refractivity (Wildman–Crippen MR) is 67.8 cm³/mol. The molecule has 0 aliphatic rings. The molecule has 0 bridgehead atoms. The molecule has 0 aliphatic heterocycles. The van der Waals surface area contributed by atoms with Crippen molar-refractivity contribution in [3.63, 3.8) is 0 Å². The highest BCUT2D eigenvalue weighted by Gasteiger charge is 2.11. The van der Waals surface area contributed by atoms with E-state index < -0.39 is 5.97 Å². The predicted octanol–water partition coefficient (Wildman–Crippen LogP) is 1.63. The molecule has 96 valence electrons. The Balaban J connectivity index is 2.55. The first-order valence-electron chi connectivity index (χ1n) is 5.66. The molecule has 1 aromatic heterocycles. The molecule has 0 aliphatic carbocycles. The van der Waals surface area contributed by atoms with Crippen LogP contribution in [0, 0.1) is 0 Å². The van der Waals surface area contributed by atoms with E-state index in [0.717, 1.165) is 18.2 Å². The lowest BCUT2D eigenvalue weighted by molar-refractivity contribution is -0.136. The average Bonchev–Trinajstić information content (AvgIpc) is 2.72. The second-order valence-electron chi connectivity index (χ2n) is 3.47. The van der Waals surface area contributed by atoms with Crippen LogP contribution in [-0.4, -0.2) is 42.4 Å². The number of likely N-dealkylation sites (N-methyl/N-ethyl adjacent to an activating group) is 1. The molecule has 0 saturated carbocycles. The molecule has 0 fully saturated rings. The molecule has 0 unspecified atom stereocenters. The van der Waals surface area contributed by atoms with Crippen molar-refractivity contribution in [2.24, 2.45) is 0 Å². The number of aromatic nitrogens is 1. The second kappa shape index (κ2) is 7.24. The molecule has 0 aromatic carbocycles. The SMILES string of the molecule is CCOCCN(CC)c1nc(CC(=O)O)cs1. The number of hydrogen-bond acceptors (Lipinski definition) is 5. The van der Waals surface area contributed by atoms with Crippen molar-refractivity contribution in [2.45, 2.75) is 20.3 Å². The first kappa shape index (κ1) is 13.9. The van der Waals surface area contributed by atoms with Crippen molar-refractivity contribution in [2.75, 3.05) is 31.2 Å². The number of hydrogen-bond donors (Lipinski definition) is 1. The van der Waals surface area contributed by atoms with Gasteiger partial charge >= 0.3 is 5.97 Å². The molecule has 0 saturated heterocycles. The third-order valence-electron chi connectivity index (χ3n) is 2.23. The third-order valence-corrected chi connectivity index (χ3v) is 3.18. The minimum Gasteiger partial charge on any atom is -0.481 e. The van der Waals surface area contributed by atoms with Crippen LogP contribution in [-0.2, 0) is 16.0 Å². The fraction of sp³-hybridized carbons (Fsp3) is 0.636. The Morgan fingerprint density at radius 3 is 2.94 bits per heavy atom. The molecule has 0 amide bonds. The number of aliphatic carboxylic acids is 1. The van der Waals surface area contributed by atoms with Crippen molar-refractivity contribution >= 4 is 22.4 Å². The molecule has 1 heterocycles. The molecule has 1 N–H and O–H groups in total. The third kappa shape index (κ3) is 4.70. The summed E-state index contributed by atoms with van der Waals surface area (Å²) >= 11 is 1.48. The molecule has 0 atom stereocenters. The van der Waals surface area contributed by atoms with Crippen LogP contribution >= 0.6 is 11.3 Å². The van der Waals surface area contributed by atoms with Gasteiger partial charge in [-0.1, -0.05) is 0 Å². The zero-order chi connectivity index (χ0) is 12.7. The Morgan fingerprint density at radius 2 is 2.35 bits per heavy atom. The van der Waals surface area contributed by atoms with E-state index in [1.54, 1.807) is 5.38 Å². The average molecular weight is 258 g/mol. The first-order valence-corrected chi connectivity index (χ1v) is 6.54. The Kier molecular flexibility index (Phi) is 5.93. The smallest absolute Gasteiger partial charge is 0.309 e. The molecule has 6 heteroatoms. The lowest BCUT2D eigenvalue weighted by atomic mass is 10.3. The van der Waals surface area contributed by atoms with Gasteiger partial charge in [0.05, 0.1) is 18.7 Å². The van der Waals surface area contributed by atoms with E-state index in [0.29, 0.717) is 18.9 Å². The first-order chi connectivity index (χ1) is 8.17. The molecule has 1 rings (SSSR count).